The molecule has 186 valence electrons. The van der Waals surface area contributed by atoms with Gasteiger partial charge >= 0.3 is 12.1 Å². The van der Waals surface area contributed by atoms with E-state index in [2.05, 4.69) is 15.3 Å². The smallest absolute Gasteiger partial charge is 0.451 e. The van der Waals surface area contributed by atoms with Crippen molar-refractivity contribution in [2.24, 2.45) is 0 Å². The largest absolute Gasteiger partial charge is 0.477 e. The highest BCUT2D eigenvalue weighted by molar-refractivity contribution is 7.12. The number of aromatic carboxylic acids is 1. The van der Waals surface area contributed by atoms with Crippen LogP contribution in [0.4, 0.5) is 19.0 Å². The molecule has 0 radical (unpaired) electrons. The van der Waals surface area contributed by atoms with Crippen molar-refractivity contribution in [3.8, 4) is 17.3 Å². The molecular weight excluding hydrogens is 495 g/mol. The van der Waals surface area contributed by atoms with Gasteiger partial charge in [-0.25, -0.2) is 14.8 Å². The minimum absolute atomic E-state index is 0.0283. The molecule has 3 heterocycles. The van der Waals surface area contributed by atoms with Crippen molar-refractivity contribution in [3.05, 3.63) is 63.6 Å². The number of anilines is 1. The monoisotopic (exact) mass is 515 g/mol. The second-order valence-corrected chi connectivity index (χ2v) is 9.05. The van der Waals surface area contributed by atoms with Gasteiger partial charge in [0.2, 0.25) is 11.7 Å². The van der Waals surface area contributed by atoms with Crippen LogP contribution < -0.4 is 10.2 Å². The number of thiophene rings is 1. The zero-order chi connectivity index (χ0) is 25.9. The number of carboxylic acids is 1. The first-order valence-corrected chi connectivity index (χ1v) is 11.9. The Hall–Kier alpha value is -3.98. The predicted octanol–water partition coefficient (Wildman–Crippen LogP) is 4.12. The third kappa shape index (κ3) is 5.63. The standard InChI is InChI=1S/C24H20F3N5O3S/c25-24(26,27)23-30-17(16-10-19(22(34)35)36-13-16)11-20(31-23)32-9-1-2-18(32)21(33)29-8-7-14-3-5-15(12-28)6-4-14/h3-6,10-11,13,18H,1-2,7-9H2,(H,29,33)(H,34,35)/t18-/m0/s1. The molecule has 3 aromatic rings. The first-order valence-electron chi connectivity index (χ1n) is 11.0. The minimum Gasteiger partial charge on any atom is -0.477 e. The first-order chi connectivity index (χ1) is 17.2. The lowest BCUT2D eigenvalue weighted by molar-refractivity contribution is -0.144. The van der Waals surface area contributed by atoms with E-state index in [4.69, 9.17) is 10.4 Å². The SMILES string of the molecule is N#Cc1ccc(CCNC(=O)[C@@H]2CCCN2c2cc(-c3csc(C(=O)O)c3)nc(C(F)(F)F)n2)cc1. The molecule has 0 bridgehead atoms. The lowest BCUT2D eigenvalue weighted by Crippen LogP contribution is -2.44. The van der Waals surface area contributed by atoms with Crippen molar-refractivity contribution in [3.63, 3.8) is 0 Å². The van der Waals surface area contributed by atoms with Gasteiger partial charge in [0.15, 0.2) is 0 Å². The van der Waals surface area contributed by atoms with Crippen molar-refractivity contribution in [1.82, 2.24) is 15.3 Å². The Balaban J connectivity index is 1.53. The Bertz CT molecular complexity index is 1320. The summed E-state index contributed by atoms with van der Waals surface area (Å²) in [6, 6.07) is 10.9. The number of aromatic nitrogens is 2. The van der Waals surface area contributed by atoms with Crippen molar-refractivity contribution in [2.45, 2.75) is 31.5 Å². The molecule has 2 N–H and O–H groups in total. The number of halogens is 3. The topological polar surface area (TPSA) is 119 Å². The van der Waals surface area contributed by atoms with Crippen molar-refractivity contribution in [1.29, 1.82) is 5.26 Å². The van der Waals surface area contributed by atoms with E-state index in [0.29, 0.717) is 37.9 Å². The van der Waals surface area contributed by atoms with Crippen molar-refractivity contribution >= 4 is 29.0 Å². The lowest BCUT2D eigenvalue weighted by Gasteiger charge is -2.26. The van der Waals surface area contributed by atoms with Gasteiger partial charge in [-0.1, -0.05) is 12.1 Å². The Morgan fingerprint density at radius 3 is 2.61 bits per heavy atom. The summed E-state index contributed by atoms with van der Waals surface area (Å²) in [6.07, 6.45) is -3.25. The molecule has 4 rings (SSSR count). The number of carbonyl (C=O) groups excluding carboxylic acids is 1. The highest BCUT2D eigenvalue weighted by Crippen LogP contribution is 2.34. The molecule has 2 aromatic heterocycles. The maximum atomic E-state index is 13.6. The number of amides is 1. The Kier molecular flexibility index (Phi) is 7.21. The number of rotatable bonds is 7. The van der Waals surface area contributed by atoms with Crippen LogP contribution in [-0.2, 0) is 17.4 Å². The minimum atomic E-state index is -4.82. The predicted molar refractivity (Wildman–Crippen MR) is 126 cm³/mol. The average Bonchev–Trinajstić information content (AvgIpc) is 3.54. The normalized spacial score (nSPS) is 15.5. The van der Waals surface area contributed by atoms with E-state index in [9.17, 15) is 22.8 Å². The van der Waals surface area contributed by atoms with Crippen LogP contribution in [0.2, 0.25) is 0 Å². The van der Waals surface area contributed by atoms with E-state index in [1.807, 2.05) is 6.07 Å². The van der Waals surface area contributed by atoms with Gasteiger partial charge in [-0.05, 0) is 43.0 Å². The number of nitrogens with one attached hydrogen (secondary N) is 1. The molecule has 1 aliphatic heterocycles. The molecule has 0 spiro atoms. The molecule has 36 heavy (non-hydrogen) atoms. The Morgan fingerprint density at radius 1 is 1.22 bits per heavy atom. The number of benzene rings is 1. The summed E-state index contributed by atoms with van der Waals surface area (Å²) in [5.41, 5.74) is 1.63. The number of hydrogen-bond acceptors (Lipinski definition) is 7. The summed E-state index contributed by atoms with van der Waals surface area (Å²) in [6.45, 7) is 0.663. The van der Waals surface area contributed by atoms with Gasteiger partial charge in [0.25, 0.3) is 0 Å². The molecule has 1 amide bonds. The van der Waals surface area contributed by atoms with E-state index < -0.39 is 24.0 Å². The van der Waals surface area contributed by atoms with E-state index in [1.165, 1.54) is 22.4 Å². The summed E-state index contributed by atoms with van der Waals surface area (Å²) in [7, 11) is 0. The number of alkyl halides is 3. The van der Waals surface area contributed by atoms with Crippen molar-refractivity contribution in [2.75, 3.05) is 18.0 Å². The van der Waals surface area contributed by atoms with Crippen LogP contribution in [0.5, 0.6) is 0 Å². The highest BCUT2D eigenvalue weighted by atomic mass is 32.1. The second kappa shape index (κ2) is 10.3. The fraction of sp³-hybridized carbons (Fsp3) is 0.292. The zero-order valence-corrected chi connectivity index (χ0v) is 19.6. The van der Waals surface area contributed by atoms with Gasteiger partial charge in [-0.15, -0.1) is 11.3 Å². The van der Waals surface area contributed by atoms with Gasteiger partial charge < -0.3 is 15.3 Å². The van der Waals surface area contributed by atoms with E-state index in [0.717, 1.165) is 16.9 Å². The average molecular weight is 516 g/mol. The van der Waals surface area contributed by atoms with Crippen LogP contribution >= 0.6 is 11.3 Å². The number of carbonyl (C=O) groups is 2. The summed E-state index contributed by atoms with van der Waals surface area (Å²) in [5, 5.41) is 22.3. The molecule has 0 aliphatic carbocycles. The summed E-state index contributed by atoms with van der Waals surface area (Å²) >= 11 is 0.884. The van der Waals surface area contributed by atoms with Gasteiger partial charge in [0, 0.05) is 30.1 Å². The van der Waals surface area contributed by atoms with Crippen molar-refractivity contribution < 1.29 is 27.9 Å². The van der Waals surface area contributed by atoms with Crippen LogP contribution in [0.15, 0.2) is 41.8 Å². The molecule has 0 saturated carbocycles. The van der Waals surface area contributed by atoms with Crippen LogP contribution in [0, 0.1) is 11.3 Å². The Morgan fingerprint density at radius 2 is 1.97 bits per heavy atom. The molecule has 1 atom stereocenters. The van der Waals surface area contributed by atoms with Gasteiger partial charge in [-0.2, -0.15) is 18.4 Å². The fourth-order valence-corrected chi connectivity index (χ4v) is 4.68. The second-order valence-electron chi connectivity index (χ2n) is 8.14. The van der Waals surface area contributed by atoms with Crippen LogP contribution in [0.25, 0.3) is 11.3 Å². The van der Waals surface area contributed by atoms with E-state index >= 15 is 0 Å². The molecule has 1 fully saturated rings. The van der Waals surface area contributed by atoms with Gasteiger partial charge in [0.1, 0.15) is 16.7 Å². The number of hydrogen-bond donors (Lipinski definition) is 2. The van der Waals surface area contributed by atoms with E-state index in [1.54, 1.807) is 24.3 Å². The van der Waals surface area contributed by atoms with Crippen LogP contribution in [0.3, 0.4) is 0 Å². The third-order valence-corrected chi connectivity index (χ3v) is 6.64. The summed E-state index contributed by atoms with van der Waals surface area (Å²) < 4.78 is 40.7. The number of carboxylic acid groups (broad SMARTS) is 1. The highest BCUT2D eigenvalue weighted by Gasteiger charge is 2.38. The summed E-state index contributed by atoms with van der Waals surface area (Å²) in [5.74, 6) is -2.91. The molecule has 8 nitrogen and oxygen atoms in total. The molecule has 1 aromatic carbocycles. The fourth-order valence-electron chi connectivity index (χ4n) is 3.95. The van der Waals surface area contributed by atoms with E-state index in [-0.39, 0.29) is 27.9 Å². The third-order valence-electron chi connectivity index (χ3n) is 5.72. The van der Waals surface area contributed by atoms with Crippen LogP contribution in [-0.4, -0.2) is 46.1 Å². The molecule has 1 aliphatic rings. The molecule has 1 saturated heterocycles. The number of nitriles is 1. The van der Waals surface area contributed by atoms with Gasteiger partial charge in [-0.3, -0.25) is 4.79 Å². The molecule has 0 unspecified atom stereocenters. The Labute approximate surface area is 208 Å². The van der Waals surface area contributed by atoms with Gasteiger partial charge in [0.05, 0.1) is 17.3 Å². The first kappa shape index (κ1) is 25.1. The van der Waals surface area contributed by atoms with Crippen LogP contribution in [0.1, 0.15) is 39.5 Å². The summed E-state index contributed by atoms with van der Waals surface area (Å²) in [4.78, 5) is 32.9. The molecule has 12 heteroatoms. The molecular formula is C24H20F3N5O3S. The maximum absolute atomic E-state index is 13.6. The quantitative estimate of drug-likeness (QED) is 0.486. The number of nitrogens with zero attached hydrogens (tertiary/aromatic N) is 4. The lowest BCUT2D eigenvalue weighted by atomic mass is 10.1. The maximum Gasteiger partial charge on any atom is 0.451 e. The zero-order valence-electron chi connectivity index (χ0n) is 18.7.